The van der Waals surface area contributed by atoms with E-state index in [2.05, 4.69) is 14.8 Å². The molecule has 0 spiro atoms. The highest BCUT2D eigenvalue weighted by molar-refractivity contribution is 5.93. The molecule has 1 fully saturated rings. The predicted octanol–water partition coefficient (Wildman–Crippen LogP) is 1.76. The minimum absolute atomic E-state index is 0.0425. The van der Waals surface area contributed by atoms with Gasteiger partial charge >= 0.3 is 19.2 Å². The second kappa shape index (κ2) is 16.9. The van der Waals surface area contributed by atoms with E-state index < -0.39 is 80.6 Å². The molecule has 2 N–H and O–H groups in total. The van der Waals surface area contributed by atoms with Crippen molar-refractivity contribution in [3.8, 4) is 0 Å². The van der Waals surface area contributed by atoms with Gasteiger partial charge in [0.25, 0.3) is 0 Å². The first-order valence-electron chi connectivity index (χ1n) is 12.3. The van der Waals surface area contributed by atoms with E-state index >= 15 is 0 Å². The number of carboxylic acid groups (broad SMARTS) is 1. The molecule has 1 aliphatic heterocycles. The van der Waals surface area contributed by atoms with Gasteiger partial charge in [0.05, 0.1) is 44.8 Å². The first kappa shape index (κ1) is 32.3. The second-order valence-electron chi connectivity index (χ2n) is 8.97. The van der Waals surface area contributed by atoms with Crippen molar-refractivity contribution in [1.29, 1.82) is 0 Å². The number of carbonyl (C=O) groups is 4. The molecule has 0 aromatic heterocycles. The Labute approximate surface area is 222 Å². The number of carbonyl (C=O) groups excluding carboxylic acids is 3. The average Bonchev–Trinajstić information content (AvgIpc) is 2.89. The lowest BCUT2D eigenvalue weighted by Gasteiger charge is -2.27. The summed E-state index contributed by atoms with van der Waals surface area (Å²) in [5.74, 6) is -6.47. The lowest BCUT2D eigenvalue weighted by atomic mass is 9.92. The summed E-state index contributed by atoms with van der Waals surface area (Å²) in [5.41, 5.74) is 0.616. The van der Waals surface area contributed by atoms with Crippen molar-refractivity contribution < 1.29 is 56.1 Å². The fraction of sp³-hybridized carbons (Fsp3) is 0.600. The van der Waals surface area contributed by atoms with Crippen LogP contribution in [0.1, 0.15) is 18.4 Å². The van der Waals surface area contributed by atoms with Crippen molar-refractivity contribution in [2.45, 2.75) is 38.5 Å². The Kier molecular flexibility index (Phi) is 14.0. The summed E-state index contributed by atoms with van der Waals surface area (Å²) >= 11 is 0. The van der Waals surface area contributed by atoms with Crippen LogP contribution in [0.15, 0.2) is 30.3 Å². The molecule has 2 rings (SSSR count). The topological polar surface area (TPSA) is 131 Å². The third-order valence-electron chi connectivity index (χ3n) is 5.99. The third kappa shape index (κ3) is 12.6. The number of aliphatic carboxylic acids is 1. The first-order valence-corrected chi connectivity index (χ1v) is 12.3. The highest BCUT2D eigenvalue weighted by atomic mass is 19.3. The van der Waals surface area contributed by atoms with Crippen molar-refractivity contribution in [1.82, 2.24) is 10.2 Å². The van der Waals surface area contributed by atoms with Crippen molar-refractivity contribution >= 4 is 23.4 Å². The summed E-state index contributed by atoms with van der Waals surface area (Å²) in [6, 6.07) is 6.67. The van der Waals surface area contributed by atoms with Gasteiger partial charge in [-0.15, -0.1) is 0 Å². The van der Waals surface area contributed by atoms with Gasteiger partial charge in [0.1, 0.15) is 11.8 Å². The van der Waals surface area contributed by atoms with Gasteiger partial charge in [0.2, 0.25) is 5.91 Å². The van der Waals surface area contributed by atoms with Gasteiger partial charge in [-0.2, -0.15) is 17.6 Å². The molecule has 10 nitrogen and oxygen atoms in total. The second-order valence-corrected chi connectivity index (χ2v) is 8.97. The third-order valence-corrected chi connectivity index (χ3v) is 5.99. The predicted molar refractivity (Wildman–Crippen MR) is 127 cm³/mol. The molecule has 1 aliphatic rings. The maximum atomic E-state index is 12.9. The standard InChI is InChI=1S/C25H32F4N2O8/c26-24(27)38-14-18(11-19(32)13-31-6-8-37-9-7-31)22(34)30-20(15-39-25(28)29)21(33)12-17(23(35)36)10-16-4-2-1-3-5-16/h1-5,17-18,20,24-25H,6-15H2,(H,30,34)(H,35,36)/t17-,18+,20+/m1/s1. The number of ketones is 2. The van der Waals surface area contributed by atoms with E-state index in [1.54, 1.807) is 35.2 Å². The molecule has 0 unspecified atom stereocenters. The molecule has 1 saturated heterocycles. The van der Waals surface area contributed by atoms with E-state index in [1.165, 1.54) is 0 Å². The molecule has 218 valence electrons. The molecule has 1 aromatic rings. The number of halogens is 4. The normalized spacial score (nSPS) is 16.6. The van der Waals surface area contributed by atoms with E-state index in [1.807, 2.05) is 0 Å². The Balaban J connectivity index is 2.10. The molecule has 0 saturated carbocycles. The van der Waals surface area contributed by atoms with Crippen molar-refractivity contribution in [2.75, 3.05) is 46.1 Å². The van der Waals surface area contributed by atoms with Gasteiger partial charge in [0.15, 0.2) is 5.78 Å². The summed E-state index contributed by atoms with van der Waals surface area (Å²) in [5, 5.41) is 11.7. The van der Waals surface area contributed by atoms with Crippen LogP contribution in [0.3, 0.4) is 0 Å². The minimum atomic E-state index is -3.30. The van der Waals surface area contributed by atoms with Gasteiger partial charge in [-0.05, 0) is 12.0 Å². The number of carboxylic acids is 1. The van der Waals surface area contributed by atoms with Gasteiger partial charge in [-0.25, -0.2) is 0 Å². The Morgan fingerprint density at radius 1 is 0.923 bits per heavy atom. The number of nitrogens with zero attached hydrogens (tertiary/aromatic N) is 1. The van der Waals surface area contributed by atoms with Gasteiger partial charge in [0, 0.05) is 25.9 Å². The number of nitrogens with one attached hydrogen (secondary N) is 1. The highest BCUT2D eigenvalue weighted by Gasteiger charge is 2.32. The summed E-state index contributed by atoms with van der Waals surface area (Å²) in [6.45, 7) is -6.75. The van der Waals surface area contributed by atoms with Crippen molar-refractivity contribution in [3.05, 3.63) is 35.9 Å². The molecule has 3 atom stereocenters. The van der Waals surface area contributed by atoms with E-state index in [0.29, 0.717) is 31.9 Å². The van der Waals surface area contributed by atoms with Crippen LogP contribution in [-0.4, -0.2) is 98.8 Å². The molecule has 1 amide bonds. The van der Waals surface area contributed by atoms with Crippen LogP contribution in [0, 0.1) is 11.8 Å². The zero-order valence-corrected chi connectivity index (χ0v) is 21.1. The van der Waals surface area contributed by atoms with Gasteiger partial charge in [-0.3, -0.25) is 24.1 Å². The zero-order chi connectivity index (χ0) is 28.8. The quantitative estimate of drug-likeness (QED) is 0.256. The van der Waals surface area contributed by atoms with Gasteiger partial charge in [-0.1, -0.05) is 30.3 Å². The molecule has 1 aromatic carbocycles. The van der Waals surface area contributed by atoms with E-state index in [-0.39, 0.29) is 13.0 Å². The van der Waals surface area contributed by atoms with Crippen molar-refractivity contribution in [3.63, 3.8) is 0 Å². The van der Waals surface area contributed by atoms with Crippen LogP contribution >= 0.6 is 0 Å². The van der Waals surface area contributed by atoms with Crippen LogP contribution in [0.25, 0.3) is 0 Å². The fourth-order valence-electron chi connectivity index (χ4n) is 3.97. The maximum Gasteiger partial charge on any atom is 0.345 e. The Bertz CT molecular complexity index is 932. The van der Waals surface area contributed by atoms with Crippen LogP contribution in [-0.2, 0) is 39.8 Å². The number of ether oxygens (including phenoxy) is 3. The molecule has 39 heavy (non-hydrogen) atoms. The summed E-state index contributed by atoms with van der Waals surface area (Å²) in [7, 11) is 0. The molecular weight excluding hydrogens is 532 g/mol. The lowest BCUT2D eigenvalue weighted by molar-refractivity contribution is -0.156. The molecular formula is C25H32F4N2O8. The summed E-state index contributed by atoms with van der Waals surface area (Å²) in [4.78, 5) is 51.9. The molecule has 0 aliphatic carbocycles. The number of hydrogen-bond donors (Lipinski definition) is 2. The SMILES string of the molecule is O=C(C[C@@H](COC(F)F)C(=O)N[C@@H](COC(F)F)C(=O)C[C@@H](Cc1ccccc1)C(=O)O)CN1CCOCC1. The number of benzene rings is 1. The van der Waals surface area contributed by atoms with Crippen LogP contribution in [0.5, 0.6) is 0 Å². The fourth-order valence-corrected chi connectivity index (χ4v) is 3.97. The van der Waals surface area contributed by atoms with Crippen LogP contribution in [0.2, 0.25) is 0 Å². The van der Waals surface area contributed by atoms with Crippen LogP contribution in [0.4, 0.5) is 17.6 Å². The molecule has 1 heterocycles. The van der Waals surface area contributed by atoms with E-state index in [9.17, 15) is 41.8 Å². The molecule has 0 radical (unpaired) electrons. The Hall–Kier alpha value is -2.94. The van der Waals surface area contributed by atoms with Crippen molar-refractivity contribution in [2.24, 2.45) is 11.8 Å². The summed E-state index contributed by atoms with van der Waals surface area (Å²) < 4.78 is 64.5. The highest BCUT2D eigenvalue weighted by Crippen LogP contribution is 2.16. The number of morpholine rings is 1. The smallest absolute Gasteiger partial charge is 0.345 e. The monoisotopic (exact) mass is 564 g/mol. The number of rotatable bonds is 18. The maximum absolute atomic E-state index is 12.9. The van der Waals surface area contributed by atoms with Gasteiger partial charge < -0.3 is 24.6 Å². The number of Topliss-reactive ketones (excluding diaryl/α,β-unsaturated/α-hetero) is 2. The minimum Gasteiger partial charge on any atom is -0.481 e. The molecule has 0 bridgehead atoms. The zero-order valence-electron chi connectivity index (χ0n) is 21.1. The Morgan fingerprint density at radius 2 is 1.54 bits per heavy atom. The largest absolute Gasteiger partial charge is 0.481 e. The van der Waals surface area contributed by atoms with Crippen LogP contribution < -0.4 is 5.32 Å². The lowest BCUT2D eigenvalue weighted by Crippen LogP contribution is -2.49. The van der Waals surface area contributed by atoms with E-state index in [4.69, 9.17) is 4.74 Å². The average molecular weight is 565 g/mol. The summed E-state index contributed by atoms with van der Waals surface area (Å²) in [6.07, 6.45) is -1.19. The Morgan fingerprint density at radius 3 is 2.13 bits per heavy atom. The number of amides is 1. The molecule has 14 heteroatoms. The number of hydrogen-bond acceptors (Lipinski definition) is 8. The van der Waals surface area contributed by atoms with E-state index in [0.717, 1.165) is 0 Å². The first-order chi connectivity index (χ1) is 18.5. The number of alkyl halides is 4.